The van der Waals surface area contributed by atoms with Crippen LogP contribution in [-0.2, 0) is 14.6 Å². The van der Waals surface area contributed by atoms with Gasteiger partial charge in [-0.3, -0.25) is 0 Å². The second-order valence-corrected chi connectivity index (χ2v) is 9.45. The summed E-state index contributed by atoms with van der Waals surface area (Å²) in [5.74, 6) is 0. The van der Waals surface area contributed by atoms with Crippen LogP contribution in [-0.4, -0.2) is 14.7 Å². The zero-order valence-electron chi connectivity index (χ0n) is 11.3. The van der Waals surface area contributed by atoms with E-state index >= 15 is 0 Å². The van der Waals surface area contributed by atoms with Crippen molar-refractivity contribution in [3.8, 4) is 16.5 Å². The standard InChI is InChI=1S/C13H14N2O2S3/c1-13(2,20(3,16)17)12-10(8-5-4-6-18-8)11(15)9(7-14)19-12/h4-6H,15H2,1-3H3. The predicted molar refractivity (Wildman–Crippen MR) is 84.6 cm³/mol. The average Bonchev–Trinajstić information content (AvgIpc) is 2.94. The molecular weight excluding hydrogens is 312 g/mol. The summed E-state index contributed by atoms with van der Waals surface area (Å²) < 4.78 is 23.1. The first-order valence-electron chi connectivity index (χ1n) is 5.76. The Morgan fingerprint density at radius 2 is 2.05 bits per heavy atom. The number of hydrogen-bond donors (Lipinski definition) is 1. The molecular formula is C13H14N2O2S3. The van der Waals surface area contributed by atoms with E-state index in [-0.39, 0.29) is 0 Å². The predicted octanol–water partition coefficient (Wildman–Crippen LogP) is 3.21. The van der Waals surface area contributed by atoms with Crippen molar-refractivity contribution in [1.29, 1.82) is 5.26 Å². The van der Waals surface area contributed by atoms with Crippen LogP contribution in [0.3, 0.4) is 0 Å². The van der Waals surface area contributed by atoms with Crippen molar-refractivity contribution in [2.24, 2.45) is 0 Å². The van der Waals surface area contributed by atoms with Crippen LogP contribution in [0.25, 0.3) is 10.4 Å². The highest BCUT2D eigenvalue weighted by Gasteiger charge is 2.38. The van der Waals surface area contributed by atoms with Crippen molar-refractivity contribution < 1.29 is 8.42 Å². The molecule has 0 atom stereocenters. The number of anilines is 1. The van der Waals surface area contributed by atoms with Crippen LogP contribution in [0, 0.1) is 11.3 Å². The first-order valence-corrected chi connectivity index (χ1v) is 9.35. The normalized spacial score (nSPS) is 12.3. The van der Waals surface area contributed by atoms with E-state index in [0.717, 1.165) is 16.2 Å². The van der Waals surface area contributed by atoms with Crippen LogP contribution < -0.4 is 5.73 Å². The number of nitrogen functional groups attached to an aromatic ring is 1. The molecule has 0 radical (unpaired) electrons. The van der Waals surface area contributed by atoms with E-state index in [1.165, 1.54) is 17.6 Å². The van der Waals surface area contributed by atoms with Crippen LogP contribution in [0.4, 0.5) is 5.69 Å². The van der Waals surface area contributed by atoms with Gasteiger partial charge in [-0.15, -0.1) is 22.7 Å². The molecule has 2 aromatic rings. The molecule has 0 aliphatic carbocycles. The molecule has 7 heteroatoms. The van der Waals surface area contributed by atoms with E-state index < -0.39 is 14.6 Å². The van der Waals surface area contributed by atoms with Crippen molar-refractivity contribution in [2.45, 2.75) is 18.6 Å². The van der Waals surface area contributed by atoms with Gasteiger partial charge in [-0.1, -0.05) is 6.07 Å². The van der Waals surface area contributed by atoms with Crippen LogP contribution in [0.15, 0.2) is 17.5 Å². The van der Waals surface area contributed by atoms with Crippen molar-refractivity contribution in [1.82, 2.24) is 0 Å². The molecule has 0 bridgehead atoms. The monoisotopic (exact) mass is 326 g/mol. The van der Waals surface area contributed by atoms with Gasteiger partial charge >= 0.3 is 0 Å². The van der Waals surface area contributed by atoms with E-state index in [9.17, 15) is 8.42 Å². The Morgan fingerprint density at radius 3 is 2.50 bits per heavy atom. The summed E-state index contributed by atoms with van der Waals surface area (Å²) in [5, 5.41) is 11.1. The molecule has 0 fully saturated rings. The highest BCUT2D eigenvalue weighted by molar-refractivity contribution is 7.91. The maximum atomic E-state index is 12.1. The summed E-state index contributed by atoms with van der Waals surface area (Å²) in [5.41, 5.74) is 7.09. The van der Waals surface area contributed by atoms with Gasteiger partial charge in [0, 0.05) is 21.6 Å². The Morgan fingerprint density at radius 1 is 1.40 bits per heavy atom. The van der Waals surface area contributed by atoms with E-state index in [4.69, 9.17) is 11.0 Å². The number of thiophene rings is 2. The van der Waals surface area contributed by atoms with E-state index in [0.29, 0.717) is 21.0 Å². The van der Waals surface area contributed by atoms with Gasteiger partial charge in [-0.2, -0.15) is 5.26 Å². The van der Waals surface area contributed by atoms with Crippen molar-refractivity contribution in [3.05, 3.63) is 27.3 Å². The minimum absolute atomic E-state index is 0.361. The zero-order valence-corrected chi connectivity index (χ0v) is 13.7. The lowest BCUT2D eigenvalue weighted by atomic mass is 10.0. The molecule has 4 nitrogen and oxygen atoms in total. The van der Waals surface area contributed by atoms with Gasteiger partial charge in [0.15, 0.2) is 9.84 Å². The van der Waals surface area contributed by atoms with Crippen LogP contribution >= 0.6 is 22.7 Å². The second-order valence-electron chi connectivity index (χ2n) is 4.92. The number of rotatable bonds is 3. The molecule has 2 rings (SSSR count). The molecule has 0 saturated carbocycles. The third-order valence-electron chi connectivity index (χ3n) is 3.29. The fourth-order valence-corrected chi connectivity index (χ4v) is 4.69. The lowest BCUT2D eigenvalue weighted by Crippen LogP contribution is -2.27. The Balaban J connectivity index is 2.82. The lowest BCUT2D eigenvalue weighted by Gasteiger charge is -2.22. The number of sulfone groups is 1. The molecule has 106 valence electrons. The van der Waals surface area contributed by atoms with Crippen molar-refractivity contribution in [3.63, 3.8) is 0 Å². The summed E-state index contributed by atoms with van der Waals surface area (Å²) in [7, 11) is -3.33. The molecule has 2 aromatic heterocycles. The van der Waals surface area contributed by atoms with Gasteiger partial charge in [0.25, 0.3) is 0 Å². The molecule has 2 heterocycles. The van der Waals surface area contributed by atoms with Gasteiger partial charge in [0.05, 0.1) is 5.69 Å². The molecule has 2 N–H and O–H groups in total. The third kappa shape index (κ3) is 2.24. The van der Waals surface area contributed by atoms with E-state index in [1.807, 2.05) is 23.6 Å². The number of nitrogens with two attached hydrogens (primary N) is 1. The van der Waals surface area contributed by atoms with Crippen LogP contribution in [0.2, 0.25) is 0 Å². The zero-order chi connectivity index (χ0) is 15.1. The average molecular weight is 326 g/mol. The second kappa shape index (κ2) is 4.88. The van der Waals surface area contributed by atoms with E-state index in [1.54, 1.807) is 13.8 Å². The molecule has 0 aliphatic heterocycles. The van der Waals surface area contributed by atoms with Gasteiger partial charge < -0.3 is 5.73 Å². The summed E-state index contributed by atoms with van der Waals surface area (Å²) in [6.45, 7) is 3.29. The minimum atomic E-state index is -3.33. The largest absolute Gasteiger partial charge is 0.396 e. The number of nitrogens with zero attached hydrogens (tertiary/aromatic N) is 1. The first-order chi connectivity index (χ1) is 9.20. The summed E-state index contributed by atoms with van der Waals surface area (Å²) in [6.07, 6.45) is 1.20. The number of nitriles is 1. The fourth-order valence-electron chi connectivity index (χ4n) is 1.78. The Kier molecular flexibility index (Phi) is 3.67. The maximum absolute atomic E-state index is 12.1. The van der Waals surface area contributed by atoms with Crippen LogP contribution in [0.5, 0.6) is 0 Å². The molecule has 0 amide bonds. The third-order valence-corrected chi connectivity index (χ3v) is 7.80. The molecule has 0 saturated heterocycles. The Hall–Kier alpha value is -1.36. The van der Waals surface area contributed by atoms with Gasteiger partial charge in [-0.25, -0.2) is 8.42 Å². The lowest BCUT2D eigenvalue weighted by molar-refractivity contribution is 0.564. The SMILES string of the molecule is CC(C)(c1sc(C#N)c(N)c1-c1cccs1)S(C)(=O)=O. The van der Waals surface area contributed by atoms with Gasteiger partial charge in [0.2, 0.25) is 0 Å². The summed E-state index contributed by atoms with van der Waals surface area (Å²) in [6, 6.07) is 5.80. The Labute approximate surface area is 126 Å². The molecule has 0 aromatic carbocycles. The molecule has 0 aliphatic rings. The fraction of sp³-hybridized carbons (Fsp3) is 0.308. The molecule has 20 heavy (non-hydrogen) atoms. The van der Waals surface area contributed by atoms with Gasteiger partial charge in [0.1, 0.15) is 15.7 Å². The highest BCUT2D eigenvalue weighted by Crippen LogP contribution is 2.47. The van der Waals surface area contributed by atoms with Gasteiger partial charge in [-0.05, 0) is 25.3 Å². The summed E-state index contributed by atoms with van der Waals surface area (Å²) >= 11 is 2.64. The topological polar surface area (TPSA) is 83.9 Å². The van der Waals surface area contributed by atoms with Crippen molar-refractivity contribution >= 4 is 38.2 Å². The highest BCUT2D eigenvalue weighted by atomic mass is 32.2. The van der Waals surface area contributed by atoms with Crippen molar-refractivity contribution in [2.75, 3.05) is 12.0 Å². The van der Waals surface area contributed by atoms with E-state index in [2.05, 4.69) is 0 Å². The molecule has 0 unspecified atom stereocenters. The number of hydrogen-bond acceptors (Lipinski definition) is 6. The molecule has 0 spiro atoms. The quantitative estimate of drug-likeness (QED) is 0.938. The maximum Gasteiger partial charge on any atom is 0.157 e. The first kappa shape index (κ1) is 15.0. The van der Waals surface area contributed by atoms with Crippen LogP contribution in [0.1, 0.15) is 23.6 Å². The smallest absolute Gasteiger partial charge is 0.157 e. The minimum Gasteiger partial charge on any atom is -0.396 e. The summed E-state index contributed by atoms with van der Waals surface area (Å²) in [4.78, 5) is 1.86. The Bertz CT molecular complexity index is 778.